The van der Waals surface area contributed by atoms with Gasteiger partial charge in [-0.15, -0.1) is 0 Å². The van der Waals surface area contributed by atoms with E-state index in [1.54, 1.807) is 6.07 Å². The summed E-state index contributed by atoms with van der Waals surface area (Å²) in [6.07, 6.45) is 4.73. The fraction of sp³-hybridized carbons (Fsp3) is 0.524. The predicted octanol–water partition coefficient (Wildman–Crippen LogP) is 0.939. The number of hydrogen-bond donors (Lipinski definition) is 3. The van der Waals surface area contributed by atoms with Crippen molar-refractivity contribution in [3.63, 3.8) is 0 Å². The van der Waals surface area contributed by atoms with Crippen LogP contribution in [0.1, 0.15) is 44.1 Å². The zero-order chi connectivity index (χ0) is 21.3. The molecule has 3 fully saturated rings. The fourth-order valence-corrected chi connectivity index (χ4v) is 4.80. The number of carbonyl (C=O) groups excluding carboxylic acids is 4. The zero-order valence-electron chi connectivity index (χ0n) is 16.9. The van der Waals surface area contributed by atoms with Crippen LogP contribution in [0.2, 0.25) is 0 Å². The van der Waals surface area contributed by atoms with Gasteiger partial charge in [0.25, 0.3) is 5.91 Å². The van der Waals surface area contributed by atoms with Gasteiger partial charge in [0.1, 0.15) is 12.1 Å². The second-order valence-corrected chi connectivity index (χ2v) is 8.39. The standard InChI is InChI=1S/C21H27N5O4/c22-18(28)16-7-4-10-25(16)12-14-5-3-6-15(11-14)23-17(27)13-26-19(29)21(24-20(26)30)8-1-2-9-21/h3,5-6,11,16H,1-2,4,7-10,12-13H2,(H2,22,28)(H,23,27)(H,24,30). The molecule has 1 aliphatic carbocycles. The number of hydrogen-bond acceptors (Lipinski definition) is 5. The number of likely N-dealkylation sites (tertiary alicyclic amines) is 1. The van der Waals surface area contributed by atoms with Crippen LogP contribution in [0.4, 0.5) is 10.5 Å². The molecule has 1 spiro atoms. The third-order valence-electron chi connectivity index (χ3n) is 6.29. The fourth-order valence-electron chi connectivity index (χ4n) is 4.80. The van der Waals surface area contributed by atoms with E-state index < -0.39 is 17.5 Å². The lowest BCUT2D eigenvalue weighted by Gasteiger charge is -2.22. The Labute approximate surface area is 174 Å². The molecule has 30 heavy (non-hydrogen) atoms. The molecule has 0 radical (unpaired) electrons. The van der Waals surface area contributed by atoms with Crippen LogP contribution in [-0.2, 0) is 20.9 Å². The number of nitrogens with one attached hydrogen (secondary N) is 2. The minimum Gasteiger partial charge on any atom is -0.368 e. The van der Waals surface area contributed by atoms with E-state index in [1.165, 1.54) is 0 Å². The number of primary amides is 1. The third-order valence-corrected chi connectivity index (χ3v) is 6.29. The first-order valence-electron chi connectivity index (χ1n) is 10.4. The summed E-state index contributed by atoms with van der Waals surface area (Å²) in [5, 5.41) is 5.54. The number of amides is 5. The van der Waals surface area contributed by atoms with E-state index >= 15 is 0 Å². The molecule has 1 unspecified atom stereocenters. The third kappa shape index (κ3) is 3.89. The maximum atomic E-state index is 12.7. The number of nitrogens with two attached hydrogens (primary N) is 1. The van der Waals surface area contributed by atoms with Crippen molar-refractivity contribution in [1.29, 1.82) is 0 Å². The highest BCUT2D eigenvalue weighted by Crippen LogP contribution is 2.35. The summed E-state index contributed by atoms with van der Waals surface area (Å²) in [5.74, 6) is -1.05. The van der Waals surface area contributed by atoms with Crippen molar-refractivity contribution in [2.75, 3.05) is 18.4 Å². The van der Waals surface area contributed by atoms with Gasteiger partial charge in [-0.2, -0.15) is 0 Å². The Bertz CT molecular complexity index is 880. The summed E-state index contributed by atoms with van der Waals surface area (Å²) in [5.41, 5.74) is 6.19. The molecule has 2 saturated heterocycles. The van der Waals surface area contributed by atoms with Gasteiger partial charge in [0.2, 0.25) is 11.8 Å². The van der Waals surface area contributed by atoms with Gasteiger partial charge in [-0.1, -0.05) is 25.0 Å². The average Bonchev–Trinajstić information content (AvgIpc) is 3.40. The molecule has 9 nitrogen and oxygen atoms in total. The van der Waals surface area contributed by atoms with E-state index in [1.807, 2.05) is 23.1 Å². The molecule has 3 aliphatic rings. The van der Waals surface area contributed by atoms with E-state index in [0.29, 0.717) is 25.1 Å². The molecule has 9 heteroatoms. The second kappa shape index (κ2) is 8.06. The highest BCUT2D eigenvalue weighted by molar-refractivity contribution is 6.10. The van der Waals surface area contributed by atoms with E-state index in [4.69, 9.17) is 5.73 Å². The maximum Gasteiger partial charge on any atom is 0.325 e. The number of imide groups is 1. The summed E-state index contributed by atoms with van der Waals surface area (Å²) < 4.78 is 0. The van der Waals surface area contributed by atoms with E-state index in [-0.39, 0.29) is 24.4 Å². The quantitative estimate of drug-likeness (QED) is 0.599. The van der Waals surface area contributed by atoms with Crippen LogP contribution in [0.15, 0.2) is 24.3 Å². The van der Waals surface area contributed by atoms with Crippen molar-refractivity contribution in [2.24, 2.45) is 5.73 Å². The largest absolute Gasteiger partial charge is 0.368 e. The van der Waals surface area contributed by atoms with Gasteiger partial charge >= 0.3 is 6.03 Å². The van der Waals surface area contributed by atoms with Crippen LogP contribution >= 0.6 is 0 Å². The molecule has 2 heterocycles. The lowest BCUT2D eigenvalue weighted by molar-refractivity contribution is -0.133. The van der Waals surface area contributed by atoms with Crippen LogP contribution in [0.25, 0.3) is 0 Å². The molecule has 160 valence electrons. The Balaban J connectivity index is 1.37. The normalized spacial score (nSPS) is 23.2. The highest BCUT2D eigenvalue weighted by Gasteiger charge is 2.52. The highest BCUT2D eigenvalue weighted by atomic mass is 16.2. The van der Waals surface area contributed by atoms with E-state index in [2.05, 4.69) is 10.6 Å². The Morgan fingerprint density at radius 1 is 1.20 bits per heavy atom. The number of urea groups is 1. The number of nitrogens with zero attached hydrogens (tertiary/aromatic N) is 2. The van der Waals surface area contributed by atoms with Gasteiger partial charge in [-0.25, -0.2) is 4.79 Å². The summed E-state index contributed by atoms with van der Waals surface area (Å²) >= 11 is 0. The summed E-state index contributed by atoms with van der Waals surface area (Å²) in [6.45, 7) is 1.05. The van der Waals surface area contributed by atoms with Crippen LogP contribution in [0.5, 0.6) is 0 Å². The molecule has 1 aromatic carbocycles. The maximum absolute atomic E-state index is 12.7. The SMILES string of the molecule is NC(=O)C1CCCN1Cc1cccc(NC(=O)CN2C(=O)NC3(CCCC3)C2=O)c1. The molecule has 0 bridgehead atoms. The van der Waals surface area contributed by atoms with Gasteiger partial charge in [-0.3, -0.25) is 24.2 Å². The predicted molar refractivity (Wildman–Crippen MR) is 109 cm³/mol. The topological polar surface area (TPSA) is 125 Å². The van der Waals surface area contributed by atoms with Crippen LogP contribution < -0.4 is 16.4 Å². The van der Waals surface area contributed by atoms with Crippen LogP contribution in [0, 0.1) is 0 Å². The van der Waals surface area contributed by atoms with Crippen LogP contribution in [0.3, 0.4) is 0 Å². The number of benzene rings is 1. The molecule has 4 rings (SSSR count). The van der Waals surface area contributed by atoms with Crippen molar-refractivity contribution in [2.45, 2.75) is 56.7 Å². The first-order chi connectivity index (χ1) is 14.4. The van der Waals surface area contributed by atoms with Gasteiger partial charge in [0.05, 0.1) is 6.04 Å². The number of rotatable bonds is 6. The van der Waals surface area contributed by atoms with Crippen molar-refractivity contribution in [3.8, 4) is 0 Å². The molecule has 1 aromatic rings. The van der Waals surface area contributed by atoms with Gasteiger partial charge in [0, 0.05) is 12.2 Å². The van der Waals surface area contributed by atoms with Gasteiger partial charge < -0.3 is 16.4 Å². The smallest absolute Gasteiger partial charge is 0.325 e. The zero-order valence-corrected chi connectivity index (χ0v) is 16.9. The lowest BCUT2D eigenvalue weighted by atomic mass is 9.98. The molecule has 1 saturated carbocycles. The molecule has 2 aliphatic heterocycles. The molecule has 0 aromatic heterocycles. The lowest BCUT2D eigenvalue weighted by Crippen LogP contribution is -2.44. The van der Waals surface area contributed by atoms with Crippen molar-refractivity contribution >= 4 is 29.4 Å². The monoisotopic (exact) mass is 413 g/mol. The summed E-state index contributed by atoms with van der Waals surface area (Å²) in [4.78, 5) is 52.1. The Morgan fingerprint density at radius 3 is 2.70 bits per heavy atom. The average molecular weight is 413 g/mol. The molecule has 1 atom stereocenters. The van der Waals surface area contributed by atoms with Crippen molar-refractivity contribution in [3.05, 3.63) is 29.8 Å². The minimum atomic E-state index is -0.816. The molecular weight excluding hydrogens is 386 g/mol. The minimum absolute atomic E-state index is 0.258. The Kier molecular flexibility index (Phi) is 5.46. The molecule has 4 N–H and O–H groups in total. The summed E-state index contributed by atoms with van der Waals surface area (Å²) in [7, 11) is 0. The first-order valence-corrected chi connectivity index (χ1v) is 10.4. The summed E-state index contributed by atoms with van der Waals surface area (Å²) in [6, 6.07) is 6.57. The number of anilines is 1. The molecular formula is C21H27N5O4. The molecule has 5 amide bonds. The Morgan fingerprint density at radius 2 is 1.97 bits per heavy atom. The van der Waals surface area contributed by atoms with Crippen molar-refractivity contribution < 1.29 is 19.2 Å². The first kappa shape index (κ1) is 20.3. The second-order valence-electron chi connectivity index (χ2n) is 8.39. The van der Waals surface area contributed by atoms with Gasteiger partial charge in [0.15, 0.2) is 0 Å². The van der Waals surface area contributed by atoms with Crippen molar-refractivity contribution in [1.82, 2.24) is 15.1 Å². The van der Waals surface area contributed by atoms with Gasteiger partial charge in [-0.05, 0) is 49.9 Å². The number of carbonyl (C=O) groups is 4. The Hall–Kier alpha value is -2.94. The van der Waals surface area contributed by atoms with E-state index in [0.717, 1.165) is 42.7 Å². The van der Waals surface area contributed by atoms with E-state index in [9.17, 15) is 19.2 Å². The van der Waals surface area contributed by atoms with Crippen LogP contribution in [-0.4, -0.2) is 58.2 Å².